The van der Waals surface area contributed by atoms with Gasteiger partial charge in [-0.15, -0.1) is 0 Å². The quantitative estimate of drug-likeness (QED) is 0.101. The number of hydrogen-bond donors (Lipinski definition) is 0. The molecule has 20 aromatic carbocycles. The highest BCUT2D eigenvalue weighted by molar-refractivity contribution is 6.05. The van der Waals surface area contributed by atoms with Crippen LogP contribution in [-0.2, 0) is 10.8 Å². The molecule has 0 fully saturated rings. The van der Waals surface area contributed by atoms with E-state index in [0.29, 0.717) is 0 Å². The van der Waals surface area contributed by atoms with E-state index in [1.54, 1.807) is 0 Å². The summed E-state index contributed by atoms with van der Waals surface area (Å²) in [5.41, 5.74) is 31.7. The van der Waals surface area contributed by atoms with Crippen LogP contribution in [0.15, 0.2) is 461 Å². The van der Waals surface area contributed by atoms with Crippen molar-refractivity contribution in [2.75, 3.05) is 9.80 Å². The molecule has 2 heteroatoms. The molecule has 0 aromatic heterocycles. The molecule has 0 heterocycles. The largest absolute Gasteiger partial charge is 0.310 e. The first kappa shape index (κ1) is 67.9. The van der Waals surface area contributed by atoms with Crippen LogP contribution in [0.25, 0.3) is 121 Å². The Bertz CT molecular complexity index is 7140. The van der Waals surface area contributed by atoms with Gasteiger partial charge in [-0.1, -0.05) is 388 Å². The van der Waals surface area contributed by atoms with Gasteiger partial charge in [-0.05, 0) is 227 Å². The second-order valence-electron chi connectivity index (χ2n) is 30.9. The first-order chi connectivity index (χ1) is 57.5. The zero-order chi connectivity index (χ0) is 76.7. The zero-order valence-electron chi connectivity index (χ0n) is 63.8. The minimum Gasteiger partial charge on any atom is -0.310 e. The van der Waals surface area contributed by atoms with E-state index in [2.05, 4.69) is 471 Å². The van der Waals surface area contributed by atoms with Crippen molar-refractivity contribution >= 4 is 77.2 Å². The van der Waals surface area contributed by atoms with Gasteiger partial charge in [0.15, 0.2) is 0 Å². The predicted molar refractivity (Wildman–Crippen MR) is 488 cm³/mol. The molecular weight excluding hydrogens is 1400 g/mol. The normalized spacial score (nSPS) is 13.6. The third-order valence-electron chi connectivity index (χ3n) is 24.8. The molecule has 0 N–H and O–H groups in total. The summed E-state index contributed by atoms with van der Waals surface area (Å²) in [5, 5.41) is 9.74. The zero-order valence-corrected chi connectivity index (χ0v) is 63.8. The number of nitrogens with zero attached hydrogens (tertiary/aromatic N) is 2. The predicted octanol–water partition coefficient (Wildman–Crippen LogP) is 30.3. The number of fused-ring (bicyclic) bond motifs is 10. The van der Waals surface area contributed by atoms with Crippen molar-refractivity contribution < 1.29 is 0 Å². The molecule has 116 heavy (non-hydrogen) atoms. The first-order valence-corrected chi connectivity index (χ1v) is 40.3. The fourth-order valence-electron chi connectivity index (χ4n) is 19.6. The van der Waals surface area contributed by atoms with Gasteiger partial charge < -0.3 is 9.80 Å². The van der Waals surface area contributed by atoms with Crippen LogP contribution in [0, 0.1) is 0 Å². The van der Waals surface area contributed by atoms with E-state index < -0.39 is 10.8 Å². The van der Waals surface area contributed by atoms with Gasteiger partial charge in [0.05, 0.1) is 22.2 Å². The average molecular weight is 1470 g/mol. The average Bonchev–Trinajstić information content (AvgIpc) is 1.53. The van der Waals surface area contributed by atoms with E-state index in [1.807, 2.05) is 0 Å². The summed E-state index contributed by atoms with van der Waals surface area (Å²) in [5.74, 6) is 0. The third kappa shape index (κ3) is 11.0. The van der Waals surface area contributed by atoms with Crippen molar-refractivity contribution in [3.8, 4) is 77.9 Å². The van der Waals surface area contributed by atoms with Crippen LogP contribution in [-0.4, -0.2) is 0 Å². The van der Waals surface area contributed by atoms with Crippen LogP contribution in [0.5, 0.6) is 0 Å². The lowest BCUT2D eigenvalue weighted by molar-refractivity contribution is 0.768. The Morgan fingerprint density at radius 1 is 0.155 bits per heavy atom. The monoisotopic (exact) mass is 1470 g/mol. The van der Waals surface area contributed by atoms with Crippen molar-refractivity contribution in [3.63, 3.8) is 0 Å². The Labute approximate surface area is 676 Å². The fourth-order valence-corrected chi connectivity index (χ4v) is 19.6. The molecular formula is C114H76N2. The molecule has 2 nitrogen and oxygen atoms in total. The lowest BCUT2D eigenvalue weighted by atomic mass is 9.67. The summed E-state index contributed by atoms with van der Waals surface area (Å²) >= 11 is 0. The number of anilines is 6. The van der Waals surface area contributed by atoms with Gasteiger partial charge in [0.2, 0.25) is 0 Å². The molecule has 0 radical (unpaired) electrons. The Hall–Kier alpha value is -15.0. The molecule has 20 aromatic rings. The molecule has 0 saturated heterocycles. The maximum atomic E-state index is 2.50. The number of benzene rings is 20. The molecule has 1 atom stereocenters. The molecule has 2 aliphatic rings. The third-order valence-corrected chi connectivity index (χ3v) is 24.8. The van der Waals surface area contributed by atoms with Crippen molar-refractivity contribution in [3.05, 3.63) is 506 Å². The number of hydrogen-bond acceptors (Lipinski definition) is 2. The Morgan fingerprint density at radius 2 is 0.483 bits per heavy atom. The van der Waals surface area contributed by atoms with E-state index in [-0.39, 0.29) is 0 Å². The maximum Gasteiger partial charge on any atom is 0.0714 e. The van der Waals surface area contributed by atoms with Gasteiger partial charge in [-0.25, -0.2) is 0 Å². The van der Waals surface area contributed by atoms with Crippen LogP contribution >= 0.6 is 0 Å². The molecule has 0 spiro atoms. The second-order valence-corrected chi connectivity index (χ2v) is 30.9. The summed E-state index contributed by atoms with van der Waals surface area (Å²) < 4.78 is 0. The van der Waals surface area contributed by atoms with Crippen molar-refractivity contribution in [2.24, 2.45) is 0 Å². The van der Waals surface area contributed by atoms with Gasteiger partial charge >= 0.3 is 0 Å². The lowest BCUT2D eigenvalue weighted by Crippen LogP contribution is -2.28. The van der Waals surface area contributed by atoms with Gasteiger partial charge in [0.1, 0.15) is 0 Å². The second kappa shape index (κ2) is 28.0. The van der Waals surface area contributed by atoms with Gasteiger partial charge in [-0.3, -0.25) is 0 Å². The molecule has 0 amide bonds. The smallest absolute Gasteiger partial charge is 0.0714 e. The van der Waals surface area contributed by atoms with E-state index in [9.17, 15) is 0 Å². The van der Waals surface area contributed by atoms with Crippen molar-refractivity contribution in [1.82, 2.24) is 0 Å². The molecule has 2 aliphatic carbocycles. The summed E-state index contributed by atoms with van der Waals surface area (Å²) in [6.45, 7) is 0. The lowest BCUT2D eigenvalue weighted by Gasteiger charge is -2.34. The fraction of sp³-hybridized carbons (Fsp3) is 0.0175. The molecule has 0 saturated carbocycles. The van der Waals surface area contributed by atoms with E-state index in [1.165, 1.54) is 138 Å². The number of rotatable bonds is 15. The summed E-state index contributed by atoms with van der Waals surface area (Å²) in [6, 6.07) is 172. The van der Waals surface area contributed by atoms with E-state index >= 15 is 0 Å². The van der Waals surface area contributed by atoms with Gasteiger partial charge in [0, 0.05) is 33.9 Å². The molecule has 0 aliphatic heterocycles. The highest BCUT2D eigenvalue weighted by Gasteiger charge is 2.49. The van der Waals surface area contributed by atoms with Crippen LogP contribution in [0.2, 0.25) is 0 Å². The minimum atomic E-state index is -0.684. The maximum absolute atomic E-state index is 2.50. The molecule has 1 unspecified atom stereocenters. The standard InChI is InChI=1S/C114H76N2/c1-4-36-89(37-5-1)113(90-38-6-2-7-39-90)105-51-18-16-46-102(105)111-107(113)53-25-56-110(111)116(96-43-21-35-88(75-96)101-50-23-32-80-29-13-15-45-98(80)101)94-71-65-83(66-72-94)100-49-24-33-81-58-60-87(76-104(81)100)78-61-67-92(68-62-78)114(91-40-8-3-9-41-91)106-52-19-17-47-103(106)112-108(114)54-26-55-109(112)115(93-69-63-82(64-70-93)99-48-22-31-79-28-12-14-44-97(79)99)95-42-20-34-85(74-95)86-59-57-77-27-10-11-30-84(77)73-86/h1-76H. The first-order valence-electron chi connectivity index (χ1n) is 40.3. The van der Waals surface area contributed by atoms with Gasteiger partial charge in [-0.2, -0.15) is 0 Å². The Kier molecular flexibility index (Phi) is 16.4. The SMILES string of the molecule is c1ccc(C2(c3ccc(-c4ccc5cccc(-c6ccc(N(c7cccc(-c8cccc9ccccc89)c7)c7cccc8c7-c7ccccc7C8(c7ccccc7)c7ccccc7)cc6)c5c4)cc3)c3ccccc3-c3c(N(c4ccc(-c5cccc6ccccc56)cc4)c4cccc(-c5ccc6ccccc6c5)c4)cccc32)cc1. The van der Waals surface area contributed by atoms with Crippen LogP contribution in [0.4, 0.5) is 34.1 Å². The summed E-state index contributed by atoms with van der Waals surface area (Å²) in [4.78, 5) is 5.00. The molecule has 542 valence electrons. The summed E-state index contributed by atoms with van der Waals surface area (Å²) in [7, 11) is 0. The summed E-state index contributed by atoms with van der Waals surface area (Å²) in [6.07, 6.45) is 0. The highest BCUT2D eigenvalue weighted by atomic mass is 15.2. The van der Waals surface area contributed by atoms with E-state index in [4.69, 9.17) is 0 Å². The van der Waals surface area contributed by atoms with Crippen molar-refractivity contribution in [2.45, 2.75) is 10.8 Å². The topological polar surface area (TPSA) is 6.48 Å². The van der Waals surface area contributed by atoms with E-state index in [0.717, 1.165) is 61.9 Å². The molecule has 22 rings (SSSR count). The Morgan fingerprint density at radius 3 is 1.00 bits per heavy atom. The molecule has 0 bridgehead atoms. The Balaban J connectivity index is 0.656. The van der Waals surface area contributed by atoms with Crippen LogP contribution < -0.4 is 9.80 Å². The highest BCUT2D eigenvalue weighted by Crippen LogP contribution is 2.62. The van der Waals surface area contributed by atoms with Crippen molar-refractivity contribution in [1.29, 1.82) is 0 Å². The van der Waals surface area contributed by atoms with Crippen LogP contribution in [0.3, 0.4) is 0 Å². The van der Waals surface area contributed by atoms with Gasteiger partial charge in [0.25, 0.3) is 0 Å². The minimum absolute atomic E-state index is 0.572. The van der Waals surface area contributed by atoms with Crippen LogP contribution in [0.1, 0.15) is 44.5 Å².